The minimum Gasteiger partial charge on any atom is -0.368 e. The smallest absolute Gasteiger partial charge is 0.255 e. The predicted molar refractivity (Wildman–Crippen MR) is 84.8 cm³/mol. The van der Waals surface area contributed by atoms with Gasteiger partial charge in [0.05, 0.1) is 18.3 Å². The van der Waals surface area contributed by atoms with Gasteiger partial charge in [-0.1, -0.05) is 11.2 Å². The van der Waals surface area contributed by atoms with Crippen LogP contribution in [-0.4, -0.2) is 37.4 Å². The molecule has 0 bridgehead atoms. The Labute approximate surface area is 137 Å². The van der Waals surface area contributed by atoms with E-state index in [-0.39, 0.29) is 6.10 Å². The van der Waals surface area contributed by atoms with Crippen LogP contribution in [0.3, 0.4) is 0 Å². The topological polar surface area (TPSA) is 77.2 Å². The number of ether oxygens (including phenoxy) is 1. The lowest BCUT2D eigenvalue weighted by Gasteiger charge is -2.14. The number of benzene rings is 1. The van der Waals surface area contributed by atoms with Gasteiger partial charge in [-0.15, -0.1) is 0 Å². The molecule has 1 saturated heterocycles. The monoisotopic (exact) mass is 331 g/mol. The van der Waals surface area contributed by atoms with Gasteiger partial charge in [0.2, 0.25) is 0 Å². The highest BCUT2D eigenvalue weighted by atomic mass is 32.1. The van der Waals surface area contributed by atoms with Crippen molar-refractivity contribution in [3.8, 4) is 0 Å². The van der Waals surface area contributed by atoms with Crippen molar-refractivity contribution >= 4 is 22.8 Å². The van der Waals surface area contributed by atoms with E-state index in [0.717, 1.165) is 37.0 Å². The quantitative estimate of drug-likeness (QED) is 0.711. The fourth-order valence-electron chi connectivity index (χ4n) is 2.77. The average Bonchev–Trinajstić information content (AvgIpc) is 3.27. The van der Waals surface area contributed by atoms with Gasteiger partial charge in [0.1, 0.15) is 17.1 Å². The molecule has 1 aliphatic heterocycles. The molecule has 1 aromatic carbocycles. The number of fused-ring (bicyclic) bond motifs is 1. The molecular weight excluding hydrogens is 314 g/mol. The molecule has 3 aromatic rings. The summed E-state index contributed by atoms with van der Waals surface area (Å²) in [7, 11) is 2.03. The summed E-state index contributed by atoms with van der Waals surface area (Å²) in [5.41, 5.74) is 3.08. The van der Waals surface area contributed by atoms with Gasteiger partial charge < -0.3 is 9.26 Å². The van der Waals surface area contributed by atoms with Crippen molar-refractivity contribution in [1.82, 2.24) is 23.8 Å². The lowest BCUT2D eigenvalue weighted by molar-refractivity contribution is 0.0835. The first-order valence-corrected chi connectivity index (χ1v) is 8.35. The molecule has 0 spiro atoms. The number of rotatable bonds is 5. The van der Waals surface area contributed by atoms with Crippen LogP contribution in [0.5, 0.6) is 0 Å². The van der Waals surface area contributed by atoms with Crippen LogP contribution in [0.4, 0.5) is 0 Å². The molecule has 3 heterocycles. The van der Waals surface area contributed by atoms with E-state index < -0.39 is 0 Å². The Morgan fingerprint density at radius 3 is 3.04 bits per heavy atom. The van der Waals surface area contributed by atoms with E-state index in [4.69, 9.17) is 9.26 Å². The van der Waals surface area contributed by atoms with Gasteiger partial charge >= 0.3 is 0 Å². The zero-order chi connectivity index (χ0) is 15.6. The van der Waals surface area contributed by atoms with Gasteiger partial charge in [0, 0.05) is 13.2 Å². The fraction of sp³-hybridized carbons (Fsp3) is 0.467. The van der Waals surface area contributed by atoms with E-state index in [1.165, 1.54) is 17.3 Å². The minimum absolute atomic E-state index is 0.0267. The molecular formula is C15H17N5O2S. The van der Waals surface area contributed by atoms with Crippen LogP contribution < -0.4 is 0 Å². The summed E-state index contributed by atoms with van der Waals surface area (Å²) >= 11 is 1.24. The van der Waals surface area contributed by atoms with Gasteiger partial charge in [-0.05, 0) is 37.6 Å². The van der Waals surface area contributed by atoms with Gasteiger partial charge in [0.15, 0.2) is 5.82 Å². The molecule has 0 aliphatic carbocycles. The molecule has 0 N–H and O–H groups in total. The molecule has 0 radical (unpaired) electrons. The van der Waals surface area contributed by atoms with Crippen molar-refractivity contribution in [2.24, 2.45) is 0 Å². The summed E-state index contributed by atoms with van der Waals surface area (Å²) in [5.74, 6) is 1.29. The largest absolute Gasteiger partial charge is 0.368 e. The summed E-state index contributed by atoms with van der Waals surface area (Å²) in [6.07, 6.45) is 1.98. The van der Waals surface area contributed by atoms with Gasteiger partial charge in [-0.2, -0.15) is 13.7 Å². The molecule has 1 unspecified atom stereocenters. The fourth-order valence-corrected chi connectivity index (χ4v) is 3.29. The molecule has 1 aliphatic rings. The van der Waals surface area contributed by atoms with Crippen molar-refractivity contribution in [2.45, 2.75) is 32.0 Å². The second kappa shape index (κ2) is 6.31. The maximum Gasteiger partial charge on any atom is 0.255 e. The van der Waals surface area contributed by atoms with Crippen LogP contribution in [0, 0.1) is 0 Å². The van der Waals surface area contributed by atoms with Crippen LogP contribution in [0.25, 0.3) is 11.0 Å². The van der Waals surface area contributed by atoms with Gasteiger partial charge in [0.25, 0.3) is 5.89 Å². The summed E-state index contributed by atoms with van der Waals surface area (Å²) in [4.78, 5) is 6.59. The number of aromatic nitrogens is 4. The Kier molecular flexibility index (Phi) is 4.02. The van der Waals surface area contributed by atoms with E-state index >= 15 is 0 Å². The highest BCUT2D eigenvalue weighted by Crippen LogP contribution is 2.27. The minimum atomic E-state index is -0.0267. The third-order valence-corrected chi connectivity index (χ3v) is 4.43. The molecule has 23 heavy (non-hydrogen) atoms. The molecule has 2 aromatic heterocycles. The van der Waals surface area contributed by atoms with Crippen LogP contribution in [-0.2, 0) is 17.8 Å². The van der Waals surface area contributed by atoms with E-state index in [0.29, 0.717) is 18.3 Å². The van der Waals surface area contributed by atoms with Crippen LogP contribution in [0.1, 0.15) is 36.2 Å². The van der Waals surface area contributed by atoms with Crippen LogP contribution >= 0.6 is 11.7 Å². The molecule has 7 nitrogen and oxygen atoms in total. The number of nitrogens with zero attached hydrogens (tertiary/aromatic N) is 5. The SMILES string of the molecule is CN(Cc1ccc2nsnc2c1)Cc1noc(C2CCCO2)n1. The second-order valence-electron chi connectivity index (χ2n) is 5.81. The average molecular weight is 331 g/mol. The second-order valence-corrected chi connectivity index (χ2v) is 6.34. The molecule has 8 heteroatoms. The van der Waals surface area contributed by atoms with Crippen molar-refractivity contribution in [3.05, 3.63) is 35.5 Å². The number of hydrogen-bond donors (Lipinski definition) is 0. The molecule has 1 fully saturated rings. The maximum atomic E-state index is 5.56. The van der Waals surface area contributed by atoms with Gasteiger partial charge in [-0.25, -0.2) is 0 Å². The van der Waals surface area contributed by atoms with E-state index in [1.807, 2.05) is 13.1 Å². The third-order valence-electron chi connectivity index (χ3n) is 3.87. The summed E-state index contributed by atoms with van der Waals surface area (Å²) < 4.78 is 19.4. The summed E-state index contributed by atoms with van der Waals surface area (Å²) in [6.45, 7) is 2.19. The van der Waals surface area contributed by atoms with Crippen molar-refractivity contribution in [1.29, 1.82) is 0 Å². The Hall–Kier alpha value is -1.90. The normalized spacial score (nSPS) is 18.3. The lowest BCUT2D eigenvalue weighted by atomic mass is 10.2. The van der Waals surface area contributed by atoms with Gasteiger partial charge in [-0.3, -0.25) is 4.90 Å². The molecule has 0 amide bonds. The molecule has 1 atom stereocenters. The predicted octanol–water partition coefficient (Wildman–Crippen LogP) is 2.56. The Morgan fingerprint density at radius 2 is 2.17 bits per heavy atom. The zero-order valence-corrected chi connectivity index (χ0v) is 13.6. The van der Waals surface area contributed by atoms with E-state index in [2.05, 4.69) is 35.9 Å². The third kappa shape index (κ3) is 3.24. The first-order valence-electron chi connectivity index (χ1n) is 7.62. The summed E-state index contributed by atoms with van der Waals surface area (Å²) in [6, 6.07) is 6.16. The maximum absolute atomic E-state index is 5.56. The Bertz CT molecular complexity index is 796. The molecule has 4 rings (SSSR count). The van der Waals surface area contributed by atoms with Crippen molar-refractivity contribution < 1.29 is 9.26 Å². The lowest BCUT2D eigenvalue weighted by Crippen LogP contribution is -2.18. The Balaban J connectivity index is 1.40. The zero-order valence-electron chi connectivity index (χ0n) is 12.8. The van der Waals surface area contributed by atoms with Crippen molar-refractivity contribution in [2.75, 3.05) is 13.7 Å². The highest BCUT2D eigenvalue weighted by molar-refractivity contribution is 7.00. The van der Waals surface area contributed by atoms with E-state index in [9.17, 15) is 0 Å². The van der Waals surface area contributed by atoms with E-state index in [1.54, 1.807) is 0 Å². The first kappa shape index (κ1) is 14.7. The first-order chi connectivity index (χ1) is 11.3. The summed E-state index contributed by atoms with van der Waals surface area (Å²) in [5, 5.41) is 4.06. The highest BCUT2D eigenvalue weighted by Gasteiger charge is 2.24. The number of hydrogen-bond acceptors (Lipinski definition) is 8. The van der Waals surface area contributed by atoms with Crippen LogP contribution in [0.2, 0.25) is 0 Å². The standard InChI is InChI=1S/C15H17N5O2S/c1-20(8-10-4-5-11-12(7-10)19-23-18-11)9-14-16-15(22-17-14)13-3-2-6-21-13/h4-5,7,13H,2-3,6,8-9H2,1H3. The molecule has 120 valence electrons. The Morgan fingerprint density at radius 1 is 1.26 bits per heavy atom. The van der Waals surface area contributed by atoms with Crippen LogP contribution in [0.15, 0.2) is 22.7 Å². The molecule has 0 saturated carbocycles. The van der Waals surface area contributed by atoms with Crippen molar-refractivity contribution in [3.63, 3.8) is 0 Å².